The predicted octanol–water partition coefficient (Wildman–Crippen LogP) is 1.85. The largest absolute Gasteiger partial charge is 0.536 e. The van der Waals surface area contributed by atoms with Crippen molar-refractivity contribution in [2.75, 3.05) is 20.0 Å². The molecule has 0 bridgehead atoms. The molecule has 0 aliphatic carbocycles. The molecule has 0 saturated heterocycles. The van der Waals surface area contributed by atoms with E-state index in [-0.39, 0.29) is 6.10 Å². The summed E-state index contributed by atoms with van der Waals surface area (Å²) in [6, 6.07) is 9.84. The van der Waals surface area contributed by atoms with Gasteiger partial charge in [0.15, 0.2) is 0 Å². The second-order valence-corrected chi connectivity index (χ2v) is 6.96. The van der Waals surface area contributed by atoms with E-state index in [9.17, 15) is 0 Å². The molecule has 0 spiro atoms. The van der Waals surface area contributed by atoms with Crippen molar-refractivity contribution in [1.29, 1.82) is 0 Å². The van der Waals surface area contributed by atoms with Crippen molar-refractivity contribution in [3.8, 4) is 0 Å². The van der Waals surface area contributed by atoms with Crippen LogP contribution in [0.25, 0.3) is 0 Å². The summed E-state index contributed by atoms with van der Waals surface area (Å²) in [5, 5.41) is 0.982. The maximum atomic E-state index is 6.01. The van der Waals surface area contributed by atoms with Gasteiger partial charge in [0.1, 0.15) is 0 Å². The van der Waals surface area contributed by atoms with Gasteiger partial charge in [-0.15, -0.1) is 0 Å². The van der Waals surface area contributed by atoms with Crippen molar-refractivity contribution in [3.05, 3.63) is 30.3 Å². The lowest BCUT2D eigenvalue weighted by Gasteiger charge is -2.29. The fourth-order valence-electron chi connectivity index (χ4n) is 1.63. The molecular formula is C12H20O3SSi. The van der Waals surface area contributed by atoms with Crippen LogP contribution in [0.5, 0.6) is 0 Å². The number of hydrogen-bond donors (Lipinski definition) is 1. The molecule has 96 valence electrons. The molecule has 0 aliphatic rings. The third kappa shape index (κ3) is 3.82. The highest BCUT2D eigenvalue weighted by molar-refractivity contribution is 7.80. The SMILES string of the molecule is CO[Si](OC)(OC(C)CCS)c1ccccc1. The van der Waals surface area contributed by atoms with Crippen LogP contribution < -0.4 is 5.19 Å². The van der Waals surface area contributed by atoms with Crippen LogP contribution in [0.2, 0.25) is 0 Å². The number of thiol groups is 1. The first kappa shape index (κ1) is 14.7. The molecule has 0 heterocycles. The highest BCUT2D eigenvalue weighted by Gasteiger charge is 2.43. The Morgan fingerprint density at radius 1 is 1.18 bits per heavy atom. The summed E-state index contributed by atoms with van der Waals surface area (Å²) in [6.45, 7) is 2.01. The van der Waals surface area contributed by atoms with E-state index in [1.54, 1.807) is 14.2 Å². The monoisotopic (exact) mass is 272 g/mol. The molecule has 17 heavy (non-hydrogen) atoms. The quantitative estimate of drug-likeness (QED) is 0.606. The first-order valence-electron chi connectivity index (χ1n) is 5.63. The minimum absolute atomic E-state index is 0.0688. The van der Waals surface area contributed by atoms with E-state index < -0.39 is 8.80 Å². The van der Waals surface area contributed by atoms with Crippen LogP contribution in [0.15, 0.2) is 30.3 Å². The molecule has 5 heteroatoms. The Morgan fingerprint density at radius 2 is 1.76 bits per heavy atom. The Labute approximate surface area is 110 Å². The lowest BCUT2D eigenvalue weighted by molar-refractivity contribution is 0.0748. The smallest absolute Gasteiger partial charge is 0.373 e. The van der Waals surface area contributed by atoms with Crippen molar-refractivity contribution in [2.45, 2.75) is 19.4 Å². The van der Waals surface area contributed by atoms with Gasteiger partial charge < -0.3 is 13.3 Å². The van der Waals surface area contributed by atoms with Crippen LogP contribution in [0, 0.1) is 0 Å². The zero-order chi connectivity index (χ0) is 12.7. The zero-order valence-electron chi connectivity index (χ0n) is 10.6. The summed E-state index contributed by atoms with van der Waals surface area (Å²) in [6.07, 6.45) is 0.941. The normalized spacial score (nSPS) is 13.6. The molecule has 1 unspecified atom stereocenters. The lowest BCUT2D eigenvalue weighted by atomic mass is 10.3. The van der Waals surface area contributed by atoms with Crippen molar-refractivity contribution in [2.24, 2.45) is 0 Å². The molecule has 0 saturated carbocycles. The summed E-state index contributed by atoms with van der Waals surface area (Å²) in [5.41, 5.74) is 0. The van der Waals surface area contributed by atoms with Gasteiger partial charge in [-0.25, -0.2) is 0 Å². The van der Waals surface area contributed by atoms with Gasteiger partial charge in [0.2, 0.25) is 0 Å². The fraction of sp³-hybridized carbons (Fsp3) is 0.500. The van der Waals surface area contributed by atoms with E-state index >= 15 is 0 Å². The third-order valence-corrected chi connectivity index (χ3v) is 5.64. The molecule has 0 aromatic heterocycles. The Balaban J connectivity index is 2.89. The number of rotatable bonds is 7. The topological polar surface area (TPSA) is 27.7 Å². The first-order valence-corrected chi connectivity index (χ1v) is 7.98. The number of benzene rings is 1. The van der Waals surface area contributed by atoms with E-state index in [0.29, 0.717) is 0 Å². The van der Waals surface area contributed by atoms with E-state index in [1.165, 1.54) is 0 Å². The molecule has 0 radical (unpaired) electrons. The zero-order valence-corrected chi connectivity index (χ0v) is 12.4. The van der Waals surface area contributed by atoms with Gasteiger partial charge in [0.05, 0.1) is 0 Å². The van der Waals surface area contributed by atoms with Crippen LogP contribution in [-0.4, -0.2) is 34.9 Å². The van der Waals surface area contributed by atoms with Gasteiger partial charge in [0, 0.05) is 25.5 Å². The van der Waals surface area contributed by atoms with Crippen molar-refractivity contribution < 1.29 is 13.3 Å². The summed E-state index contributed by atoms with van der Waals surface area (Å²) >= 11 is 4.21. The third-order valence-electron chi connectivity index (χ3n) is 2.56. The second kappa shape index (κ2) is 7.18. The van der Waals surface area contributed by atoms with Gasteiger partial charge in [-0.3, -0.25) is 0 Å². The highest BCUT2D eigenvalue weighted by atomic mass is 32.1. The van der Waals surface area contributed by atoms with Gasteiger partial charge in [-0.1, -0.05) is 30.3 Å². The van der Waals surface area contributed by atoms with Gasteiger partial charge in [0.25, 0.3) is 0 Å². The highest BCUT2D eigenvalue weighted by Crippen LogP contribution is 2.13. The van der Waals surface area contributed by atoms with Crippen molar-refractivity contribution in [3.63, 3.8) is 0 Å². The summed E-state index contributed by atoms with van der Waals surface area (Å²) in [5.74, 6) is 0.786. The van der Waals surface area contributed by atoms with Gasteiger partial charge in [-0.2, -0.15) is 12.6 Å². The Bertz CT molecular complexity index is 317. The Morgan fingerprint density at radius 3 is 2.24 bits per heavy atom. The molecular weight excluding hydrogens is 252 g/mol. The lowest BCUT2D eigenvalue weighted by Crippen LogP contribution is -2.56. The Hall–Kier alpha value is -0.333. The average molecular weight is 272 g/mol. The molecule has 0 fully saturated rings. The first-order chi connectivity index (χ1) is 8.18. The predicted molar refractivity (Wildman–Crippen MR) is 74.9 cm³/mol. The molecule has 1 atom stereocenters. The molecule has 0 aliphatic heterocycles. The molecule has 1 aromatic rings. The van der Waals surface area contributed by atoms with Crippen molar-refractivity contribution in [1.82, 2.24) is 0 Å². The minimum atomic E-state index is -2.75. The second-order valence-electron chi connectivity index (χ2n) is 3.77. The maximum Gasteiger partial charge on any atom is 0.536 e. The summed E-state index contributed by atoms with van der Waals surface area (Å²) in [4.78, 5) is 0. The van der Waals surface area contributed by atoms with Gasteiger partial charge >= 0.3 is 8.80 Å². The molecule has 1 aromatic carbocycles. The van der Waals surface area contributed by atoms with Crippen LogP contribution in [0.4, 0.5) is 0 Å². The fourth-order valence-corrected chi connectivity index (χ4v) is 4.21. The van der Waals surface area contributed by atoms with E-state index in [0.717, 1.165) is 17.4 Å². The van der Waals surface area contributed by atoms with Crippen LogP contribution >= 0.6 is 12.6 Å². The molecule has 0 amide bonds. The Kier molecular flexibility index (Phi) is 6.22. The van der Waals surface area contributed by atoms with Crippen LogP contribution in [0.1, 0.15) is 13.3 Å². The maximum absolute atomic E-state index is 6.01. The molecule has 3 nitrogen and oxygen atoms in total. The van der Waals surface area contributed by atoms with E-state index in [4.69, 9.17) is 13.3 Å². The van der Waals surface area contributed by atoms with E-state index in [1.807, 2.05) is 37.3 Å². The van der Waals surface area contributed by atoms with E-state index in [2.05, 4.69) is 12.6 Å². The standard InChI is InChI=1S/C12H20O3SSi/c1-11(9-10-16)15-17(13-2,14-3)12-7-5-4-6-8-12/h4-8,11,16H,9-10H2,1-3H3. The van der Waals surface area contributed by atoms with Crippen LogP contribution in [-0.2, 0) is 13.3 Å². The average Bonchev–Trinajstić information content (AvgIpc) is 2.37. The molecule has 0 N–H and O–H groups in total. The summed E-state index contributed by atoms with van der Waals surface area (Å²) in [7, 11) is 0.516. The molecule has 1 rings (SSSR count). The van der Waals surface area contributed by atoms with Crippen LogP contribution in [0.3, 0.4) is 0 Å². The number of hydrogen-bond acceptors (Lipinski definition) is 4. The van der Waals surface area contributed by atoms with Gasteiger partial charge in [-0.05, 0) is 19.1 Å². The minimum Gasteiger partial charge on any atom is -0.373 e. The van der Waals surface area contributed by atoms with Crippen molar-refractivity contribution >= 4 is 26.6 Å². The summed E-state index contributed by atoms with van der Waals surface area (Å²) < 4.78 is 17.1.